The van der Waals surface area contributed by atoms with E-state index in [9.17, 15) is 9.59 Å². The normalized spacial score (nSPS) is 28.3. The van der Waals surface area contributed by atoms with Crippen LogP contribution in [0.15, 0.2) is 0 Å². The Balaban J connectivity index is 2.15. The Bertz CT molecular complexity index is 286. The number of imide groups is 1. The highest BCUT2D eigenvalue weighted by atomic mass is 16.2. The van der Waals surface area contributed by atoms with Crippen LogP contribution >= 0.6 is 0 Å². The van der Waals surface area contributed by atoms with Crippen LogP contribution in [0.2, 0.25) is 0 Å². The van der Waals surface area contributed by atoms with E-state index in [4.69, 9.17) is 0 Å². The summed E-state index contributed by atoms with van der Waals surface area (Å²) in [6, 6.07) is 0.170. The van der Waals surface area contributed by atoms with Gasteiger partial charge in [0.2, 0.25) is 5.91 Å². The molecule has 0 aromatic rings. The molecule has 0 radical (unpaired) electrons. The van der Waals surface area contributed by atoms with Crippen molar-refractivity contribution in [1.29, 1.82) is 0 Å². The van der Waals surface area contributed by atoms with Crippen LogP contribution in [0.3, 0.4) is 0 Å². The smallest absolute Gasteiger partial charge is 0.321 e. The second-order valence-electron chi connectivity index (χ2n) is 4.47. The van der Waals surface area contributed by atoms with E-state index in [0.29, 0.717) is 13.0 Å². The van der Waals surface area contributed by atoms with Crippen LogP contribution in [0, 0.1) is 0 Å². The Hall–Kier alpha value is -1.06. The van der Waals surface area contributed by atoms with Crippen molar-refractivity contribution in [3.8, 4) is 0 Å². The average Bonchev–Trinajstić information content (AvgIpc) is 2.09. The molecule has 1 aliphatic carbocycles. The lowest BCUT2D eigenvalue weighted by atomic mass is 9.90. The molecule has 1 unspecified atom stereocenters. The standard InChI is InChI=1S/C11H18N2O2/c1-3-12-8(2)7-10(14)13(11(12)15)9-5-4-6-9/h8-9H,3-7H2,1-2H3. The van der Waals surface area contributed by atoms with Crippen molar-refractivity contribution >= 4 is 11.9 Å². The summed E-state index contributed by atoms with van der Waals surface area (Å²) in [5.41, 5.74) is 0. The molecule has 0 aromatic heterocycles. The molecule has 4 nitrogen and oxygen atoms in total. The van der Waals surface area contributed by atoms with Crippen LogP contribution in [0.5, 0.6) is 0 Å². The van der Waals surface area contributed by atoms with Crippen LogP contribution in [-0.2, 0) is 4.79 Å². The molecular weight excluding hydrogens is 192 g/mol. The summed E-state index contributed by atoms with van der Waals surface area (Å²) in [5, 5.41) is 0. The first-order chi connectivity index (χ1) is 7.15. The van der Waals surface area contributed by atoms with Crippen molar-refractivity contribution in [2.24, 2.45) is 0 Å². The molecule has 1 saturated carbocycles. The fourth-order valence-corrected chi connectivity index (χ4v) is 2.35. The molecule has 3 amide bonds. The zero-order valence-electron chi connectivity index (χ0n) is 9.40. The number of rotatable bonds is 2. The third kappa shape index (κ3) is 1.62. The Kier molecular flexibility index (Phi) is 2.67. The zero-order valence-corrected chi connectivity index (χ0v) is 9.40. The topological polar surface area (TPSA) is 40.6 Å². The maximum absolute atomic E-state index is 12.0. The average molecular weight is 210 g/mol. The third-order valence-corrected chi connectivity index (χ3v) is 3.50. The molecule has 1 saturated heterocycles. The maximum atomic E-state index is 12.0. The fraction of sp³-hybridized carbons (Fsp3) is 0.818. The minimum absolute atomic E-state index is 0.0156. The first-order valence-electron chi connectivity index (χ1n) is 5.77. The molecule has 1 atom stereocenters. The summed E-state index contributed by atoms with van der Waals surface area (Å²) < 4.78 is 0. The van der Waals surface area contributed by atoms with Gasteiger partial charge in [0.1, 0.15) is 0 Å². The monoisotopic (exact) mass is 210 g/mol. The second-order valence-corrected chi connectivity index (χ2v) is 4.47. The number of urea groups is 1. The van der Waals surface area contributed by atoms with Gasteiger partial charge < -0.3 is 4.90 Å². The highest BCUT2D eigenvalue weighted by Crippen LogP contribution is 2.29. The van der Waals surface area contributed by atoms with Crippen molar-refractivity contribution in [3.63, 3.8) is 0 Å². The third-order valence-electron chi connectivity index (χ3n) is 3.50. The van der Waals surface area contributed by atoms with E-state index in [2.05, 4.69) is 0 Å². The minimum atomic E-state index is -0.0778. The van der Waals surface area contributed by atoms with Gasteiger partial charge in [0.05, 0.1) is 0 Å². The number of hydrogen-bond donors (Lipinski definition) is 0. The van der Waals surface area contributed by atoms with Gasteiger partial charge in [-0.2, -0.15) is 0 Å². The van der Waals surface area contributed by atoms with Crippen LogP contribution in [0.25, 0.3) is 0 Å². The lowest BCUT2D eigenvalue weighted by molar-refractivity contribution is -0.136. The Morgan fingerprint density at radius 3 is 2.47 bits per heavy atom. The van der Waals surface area contributed by atoms with E-state index in [1.807, 2.05) is 13.8 Å². The van der Waals surface area contributed by atoms with E-state index >= 15 is 0 Å². The van der Waals surface area contributed by atoms with Crippen molar-refractivity contribution in [1.82, 2.24) is 9.80 Å². The SMILES string of the molecule is CCN1C(=O)N(C2CCC2)C(=O)CC1C. The van der Waals surface area contributed by atoms with Crippen molar-refractivity contribution < 1.29 is 9.59 Å². The molecule has 15 heavy (non-hydrogen) atoms. The first kappa shape index (κ1) is 10.5. The molecule has 2 aliphatic rings. The molecule has 84 valence electrons. The van der Waals surface area contributed by atoms with E-state index in [1.54, 1.807) is 4.90 Å². The highest BCUT2D eigenvalue weighted by molar-refractivity contribution is 5.97. The lowest BCUT2D eigenvalue weighted by Crippen LogP contribution is -2.60. The molecule has 1 aliphatic heterocycles. The van der Waals surface area contributed by atoms with Gasteiger partial charge in [0.15, 0.2) is 0 Å². The van der Waals surface area contributed by atoms with Crippen LogP contribution < -0.4 is 0 Å². The van der Waals surface area contributed by atoms with Gasteiger partial charge >= 0.3 is 6.03 Å². The number of amides is 3. The Morgan fingerprint density at radius 2 is 2.00 bits per heavy atom. The number of hydrogen-bond acceptors (Lipinski definition) is 2. The quantitative estimate of drug-likeness (QED) is 0.694. The second kappa shape index (κ2) is 3.83. The first-order valence-corrected chi connectivity index (χ1v) is 5.77. The predicted octanol–water partition coefficient (Wildman–Crippen LogP) is 1.60. The van der Waals surface area contributed by atoms with Gasteiger partial charge in [-0.3, -0.25) is 9.69 Å². The van der Waals surface area contributed by atoms with E-state index < -0.39 is 0 Å². The molecule has 4 heteroatoms. The number of carbonyl (C=O) groups excluding carboxylic acids is 2. The molecule has 0 N–H and O–H groups in total. The summed E-state index contributed by atoms with van der Waals surface area (Å²) >= 11 is 0. The molecular formula is C11H18N2O2. The van der Waals surface area contributed by atoms with E-state index in [1.165, 1.54) is 4.90 Å². The van der Waals surface area contributed by atoms with Crippen molar-refractivity contribution in [2.45, 2.75) is 51.6 Å². The molecule has 0 bridgehead atoms. The van der Waals surface area contributed by atoms with Crippen LogP contribution in [0.4, 0.5) is 4.79 Å². The molecule has 2 fully saturated rings. The van der Waals surface area contributed by atoms with Crippen molar-refractivity contribution in [3.05, 3.63) is 0 Å². The molecule has 0 spiro atoms. The maximum Gasteiger partial charge on any atom is 0.327 e. The number of carbonyl (C=O) groups is 2. The highest BCUT2D eigenvalue weighted by Gasteiger charge is 2.41. The predicted molar refractivity (Wildman–Crippen MR) is 56.3 cm³/mol. The Morgan fingerprint density at radius 1 is 1.33 bits per heavy atom. The van der Waals surface area contributed by atoms with Gasteiger partial charge in [0, 0.05) is 25.0 Å². The molecule has 2 rings (SSSR count). The van der Waals surface area contributed by atoms with Gasteiger partial charge in [0.25, 0.3) is 0 Å². The molecule has 1 heterocycles. The zero-order chi connectivity index (χ0) is 11.0. The molecule has 0 aromatic carbocycles. The summed E-state index contributed by atoms with van der Waals surface area (Å²) in [6.07, 6.45) is 3.60. The lowest BCUT2D eigenvalue weighted by Gasteiger charge is -2.44. The Labute approximate surface area is 90.2 Å². The number of nitrogens with zero attached hydrogens (tertiary/aromatic N) is 2. The van der Waals surface area contributed by atoms with Crippen LogP contribution in [0.1, 0.15) is 39.5 Å². The summed E-state index contributed by atoms with van der Waals surface area (Å²) in [7, 11) is 0. The van der Waals surface area contributed by atoms with Gasteiger partial charge in [-0.1, -0.05) is 0 Å². The van der Waals surface area contributed by atoms with E-state index in [0.717, 1.165) is 19.3 Å². The van der Waals surface area contributed by atoms with Gasteiger partial charge in [-0.25, -0.2) is 4.79 Å². The van der Waals surface area contributed by atoms with Gasteiger partial charge in [-0.15, -0.1) is 0 Å². The fourth-order valence-electron chi connectivity index (χ4n) is 2.35. The van der Waals surface area contributed by atoms with Crippen molar-refractivity contribution in [2.75, 3.05) is 6.54 Å². The summed E-state index contributed by atoms with van der Waals surface area (Å²) in [4.78, 5) is 27.1. The van der Waals surface area contributed by atoms with Gasteiger partial charge in [-0.05, 0) is 33.1 Å². The van der Waals surface area contributed by atoms with E-state index in [-0.39, 0.29) is 24.0 Å². The van der Waals surface area contributed by atoms with Crippen LogP contribution in [-0.4, -0.2) is 40.4 Å². The summed E-state index contributed by atoms with van der Waals surface area (Å²) in [5.74, 6) is 0.0156. The minimum Gasteiger partial charge on any atom is -0.321 e. The summed E-state index contributed by atoms with van der Waals surface area (Å²) in [6.45, 7) is 4.59. The largest absolute Gasteiger partial charge is 0.327 e.